The van der Waals surface area contributed by atoms with Crippen LogP contribution in [-0.2, 0) is 6.54 Å². The number of hydrogen-bond acceptors (Lipinski definition) is 2. The lowest BCUT2D eigenvalue weighted by Gasteiger charge is -1.98. The van der Waals surface area contributed by atoms with Gasteiger partial charge in [-0.2, -0.15) is 0 Å². The molecule has 0 radical (unpaired) electrons. The topological polar surface area (TPSA) is 32.3 Å². The van der Waals surface area contributed by atoms with E-state index in [1.165, 1.54) is 6.07 Å². The van der Waals surface area contributed by atoms with E-state index in [0.29, 0.717) is 5.56 Å². The molecule has 1 aromatic rings. The molecular formula is C7H8FNO. The van der Waals surface area contributed by atoms with Crippen molar-refractivity contribution in [3.05, 3.63) is 35.6 Å². The van der Waals surface area contributed by atoms with Gasteiger partial charge in [0.05, 0.1) is 0 Å². The molecule has 0 aromatic heterocycles. The Bertz CT molecular complexity index is 215. The van der Waals surface area contributed by atoms with Crippen molar-refractivity contribution in [3.63, 3.8) is 0 Å². The number of halogens is 1. The fourth-order valence-electron chi connectivity index (χ4n) is 0.727. The zero-order valence-corrected chi connectivity index (χ0v) is 5.34. The smallest absolute Gasteiger partial charge is 0.127 e. The highest BCUT2D eigenvalue weighted by Crippen LogP contribution is 2.04. The largest absolute Gasteiger partial charge is 0.316 e. The maximum Gasteiger partial charge on any atom is 0.127 e. The molecule has 1 aromatic carbocycles. The van der Waals surface area contributed by atoms with Crippen molar-refractivity contribution in [2.45, 2.75) is 6.54 Å². The van der Waals surface area contributed by atoms with E-state index in [-0.39, 0.29) is 12.4 Å². The normalized spacial score (nSPS) is 9.80. The van der Waals surface area contributed by atoms with Crippen molar-refractivity contribution in [2.75, 3.05) is 0 Å². The Morgan fingerprint density at radius 3 is 2.70 bits per heavy atom. The Balaban J connectivity index is 2.81. The summed E-state index contributed by atoms with van der Waals surface area (Å²) in [7, 11) is 0. The van der Waals surface area contributed by atoms with Gasteiger partial charge in [-0.15, -0.1) is 0 Å². The third-order valence-electron chi connectivity index (χ3n) is 1.23. The van der Waals surface area contributed by atoms with Gasteiger partial charge in [0.25, 0.3) is 0 Å². The fraction of sp³-hybridized carbons (Fsp3) is 0.143. The molecule has 0 aliphatic heterocycles. The van der Waals surface area contributed by atoms with Crippen molar-refractivity contribution in [1.29, 1.82) is 0 Å². The molecular weight excluding hydrogens is 133 g/mol. The van der Waals surface area contributed by atoms with Gasteiger partial charge in [0.15, 0.2) is 0 Å². The maximum absolute atomic E-state index is 12.6. The summed E-state index contributed by atoms with van der Waals surface area (Å²) in [6, 6.07) is 6.29. The van der Waals surface area contributed by atoms with E-state index in [9.17, 15) is 4.39 Å². The van der Waals surface area contributed by atoms with Crippen molar-refractivity contribution in [1.82, 2.24) is 5.48 Å². The van der Waals surface area contributed by atoms with Crippen molar-refractivity contribution in [2.24, 2.45) is 0 Å². The number of hydroxylamine groups is 1. The van der Waals surface area contributed by atoms with Gasteiger partial charge in [-0.3, -0.25) is 0 Å². The van der Waals surface area contributed by atoms with Gasteiger partial charge >= 0.3 is 0 Å². The molecule has 10 heavy (non-hydrogen) atoms. The summed E-state index contributed by atoms with van der Waals surface area (Å²) in [5, 5.41) is 8.23. The van der Waals surface area contributed by atoms with E-state index in [0.717, 1.165) is 0 Å². The molecule has 54 valence electrons. The van der Waals surface area contributed by atoms with E-state index in [1.807, 2.05) is 5.48 Å². The highest BCUT2D eigenvalue weighted by Gasteiger charge is 1.96. The zero-order valence-electron chi connectivity index (χ0n) is 5.34. The summed E-state index contributed by atoms with van der Waals surface area (Å²) in [4.78, 5) is 0. The standard InChI is InChI=1S/C7H8FNO/c8-7-4-2-1-3-6(7)5-9-10/h1-4,9-10H,5H2. The third-order valence-corrected chi connectivity index (χ3v) is 1.23. The van der Waals surface area contributed by atoms with Crippen LogP contribution in [0.15, 0.2) is 24.3 Å². The van der Waals surface area contributed by atoms with Gasteiger partial charge in [-0.25, -0.2) is 9.87 Å². The molecule has 0 heterocycles. The highest BCUT2D eigenvalue weighted by molar-refractivity contribution is 5.16. The van der Waals surface area contributed by atoms with Gasteiger partial charge in [0, 0.05) is 12.1 Å². The second-order valence-electron chi connectivity index (χ2n) is 1.93. The summed E-state index contributed by atoms with van der Waals surface area (Å²) in [6.07, 6.45) is 0. The van der Waals surface area contributed by atoms with Crippen LogP contribution >= 0.6 is 0 Å². The van der Waals surface area contributed by atoms with Gasteiger partial charge < -0.3 is 5.21 Å². The lowest BCUT2D eigenvalue weighted by molar-refractivity contribution is 0.160. The van der Waals surface area contributed by atoms with Crippen LogP contribution in [0.1, 0.15) is 5.56 Å². The SMILES string of the molecule is ONCc1ccccc1F. The predicted molar refractivity (Wildman–Crippen MR) is 35.0 cm³/mol. The second kappa shape index (κ2) is 3.29. The minimum atomic E-state index is -0.302. The minimum Gasteiger partial charge on any atom is -0.316 e. The molecule has 0 atom stereocenters. The van der Waals surface area contributed by atoms with E-state index in [1.54, 1.807) is 18.2 Å². The van der Waals surface area contributed by atoms with Crippen LogP contribution < -0.4 is 5.48 Å². The molecule has 0 aliphatic carbocycles. The molecule has 0 spiro atoms. The van der Waals surface area contributed by atoms with Crippen molar-refractivity contribution in [3.8, 4) is 0 Å². The molecule has 0 bridgehead atoms. The van der Waals surface area contributed by atoms with E-state index >= 15 is 0 Å². The molecule has 0 saturated heterocycles. The molecule has 2 nitrogen and oxygen atoms in total. The molecule has 0 fully saturated rings. The zero-order chi connectivity index (χ0) is 7.40. The first-order chi connectivity index (χ1) is 4.84. The Morgan fingerprint density at radius 2 is 2.10 bits per heavy atom. The van der Waals surface area contributed by atoms with E-state index in [2.05, 4.69) is 0 Å². The van der Waals surface area contributed by atoms with Crippen LogP contribution in [0.25, 0.3) is 0 Å². The Hall–Kier alpha value is -0.930. The average molecular weight is 141 g/mol. The van der Waals surface area contributed by atoms with Crippen LogP contribution in [-0.4, -0.2) is 5.21 Å². The van der Waals surface area contributed by atoms with E-state index in [4.69, 9.17) is 5.21 Å². The molecule has 0 amide bonds. The molecule has 2 N–H and O–H groups in total. The van der Waals surface area contributed by atoms with Crippen LogP contribution in [0.4, 0.5) is 4.39 Å². The average Bonchev–Trinajstić information content (AvgIpc) is 1.94. The van der Waals surface area contributed by atoms with Crippen LogP contribution in [0.2, 0.25) is 0 Å². The summed E-state index contributed by atoms with van der Waals surface area (Å²) >= 11 is 0. The monoisotopic (exact) mass is 141 g/mol. The van der Waals surface area contributed by atoms with Crippen molar-refractivity contribution < 1.29 is 9.60 Å². The van der Waals surface area contributed by atoms with Gasteiger partial charge in [0.1, 0.15) is 5.82 Å². The minimum absolute atomic E-state index is 0.146. The highest BCUT2D eigenvalue weighted by atomic mass is 19.1. The lowest BCUT2D eigenvalue weighted by Crippen LogP contribution is -2.07. The molecule has 0 aliphatic rings. The Labute approximate surface area is 58.3 Å². The summed E-state index contributed by atoms with van der Waals surface area (Å²) in [6.45, 7) is 0.146. The van der Waals surface area contributed by atoms with Crippen molar-refractivity contribution >= 4 is 0 Å². The quantitative estimate of drug-likeness (QED) is 0.608. The molecule has 3 heteroatoms. The van der Waals surface area contributed by atoms with Crippen LogP contribution in [0.3, 0.4) is 0 Å². The van der Waals surface area contributed by atoms with E-state index < -0.39 is 0 Å². The van der Waals surface area contributed by atoms with Crippen LogP contribution in [0.5, 0.6) is 0 Å². The van der Waals surface area contributed by atoms with Gasteiger partial charge in [0.2, 0.25) is 0 Å². The molecule has 1 rings (SSSR count). The lowest BCUT2D eigenvalue weighted by atomic mass is 10.2. The Kier molecular flexibility index (Phi) is 2.36. The second-order valence-corrected chi connectivity index (χ2v) is 1.93. The fourth-order valence-corrected chi connectivity index (χ4v) is 0.727. The first kappa shape index (κ1) is 7.18. The maximum atomic E-state index is 12.6. The molecule has 0 saturated carbocycles. The first-order valence-electron chi connectivity index (χ1n) is 2.95. The number of rotatable bonds is 2. The number of nitrogens with one attached hydrogen (secondary N) is 1. The predicted octanol–water partition coefficient (Wildman–Crippen LogP) is 1.30. The summed E-state index contributed by atoms with van der Waals surface area (Å²) in [5.74, 6) is -0.302. The first-order valence-corrected chi connectivity index (χ1v) is 2.95. The number of benzene rings is 1. The Morgan fingerprint density at radius 1 is 1.40 bits per heavy atom. The third kappa shape index (κ3) is 1.52. The number of hydrogen-bond donors (Lipinski definition) is 2. The van der Waals surface area contributed by atoms with Crippen LogP contribution in [0, 0.1) is 5.82 Å². The van der Waals surface area contributed by atoms with Gasteiger partial charge in [-0.05, 0) is 6.07 Å². The molecule has 0 unspecified atom stereocenters. The van der Waals surface area contributed by atoms with Gasteiger partial charge in [-0.1, -0.05) is 18.2 Å². The summed E-state index contributed by atoms with van der Waals surface area (Å²) in [5.41, 5.74) is 2.35. The summed E-state index contributed by atoms with van der Waals surface area (Å²) < 4.78 is 12.6.